The van der Waals surface area contributed by atoms with E-state index in [0.29, 0.717) is 18.7 Å². The Labute approximate surface area is 158 Å². The first-order chi connectivity index (χ1) is 12.9. The van der Waals surface area contributed by atoms with Crippen LogP contribution in [0.4, 0.5) is 5.69 Å². The number of nitrogens with zero attached hydrogens (tertiary/aromatic N) is 1. The van der Waals surface area contributed by atoms with Crippen molar-refractivity contribution in [1.82, 2.24) is 10.2 Å². The minimum atomic E-state index is -1.01. The second-order valence-electron chi connectivity index (χ2n) is 6.87. The maximum atomic E-state index is 12.2. The van der Waals surface area contributed by atoms with Crippen LogP contribution in [0.1, 0.15) is 33.6 Å². The molecule has 0 aliphatic rings. The molecule has 0 bridgehead atoms. The Bertz CT molecular complexity index is 947. The molecular formula is C21H25N3O3. The van der Waals surface area contributed by atoms with Gasteiger partial charge in [0.25, 0.3) is 0 Å². The Morgan fingerprint density at radius 2 is 2.07 bits per heavy atom. The third-order valence-electron chi connectivity index (χ3n) is 4.57. The fraction of sp³-hybridized carbons (Fsp3) is 0.333. The number of ether oxygens (including phenoxy) is 1. The number of H-pyrrole nitrogens is 1. The second-order valence-corrected chi connectivity index (χ2v) is 6.87. The maximum Gasteiger partial charge on any atom is 0.227 e. The third-order valence-corrected chi connectivity index (χ3v) is 4.57. The van der Waals surface area contributed by atoms with Crippen LogP contribution in [-0.4, -0.2) is 33.4 Å². The van der Waals surface area contributed by atoms with Gasteiger partial charge in [0.2, 0.25) is 5.91 Å². The summed E-state index contributed by atoms with van der Waals surface area (Å²) in [4.78, 5) is 12.2. The molecule has 0 saturated heterocycles. The van der Waals surface area contributed by atoms with Crippen molar-refractivity contribution in [2.45, 2.75) is 39.2 Å². The monoisotopic (exact) mass is 367 g/mol. The van der Waals surface area contributed by atoms with Crippen molar-refractivity contribution in [2.24, 2.45) is 0 Å². The van der Waals surface area contributed by atoms with Gasteiger partial charge in [-0.15, -0.1) is 0 Å². The summed E-state index contributed by atoms with van der Waals surface area (Å²) in [6.07, 6.45) is 0.567. The predicted molar refractivity (Wildman–Crippen MR) is 107 cm³/mol. The van der Waals surface area contributed by atoms with Crippen LogP contribution in [0, 0.1) is 0 Å². The molecule has 1 heterocycles. The van der Waals surface area contributed by atoms with E-state index in [1.54, 1.807) is 6.92 Å². The van der Waals surface area contributed by atoms with Crippen LogP contribution in [0.25, 0.3) is 22.2 Å². The molecule has 1 atom stereocenters. The van der Waals surface area contributed by atoms with Gasteiger partial charge < -0.3 is 15.2 Å². The number of amides is 1. The van der Waals surface area contributed by atoms with Crippen molar-refractivity contribution in [2.75, 3.05) is 11.9 Å². The van der Waals surface area contributed by atoms with Gasteiger partial charge in [-0.2, -0.15) is 5.10 Å². The molecule has 0 aliphatic carbocycles. The van der Waals surface area contributed by atoms with E-state index in [9.17, 15) is 9.90 Å². The smallest absolute Gasteiger partial charge is 0.227 e. The molecule has 6 nitrogen and oxygen atoms in total. The summed E-state index contributed by atoms with van der Waals surface area (Å²) >= 11 is 0. The van der Waals surface area contributed by atoms with Crippen LogP contribution in [0.15, 0.2) is 42.5 Å². The van der Waals surface area contributed by atoms with E-state index >= 15 is 0 Å². The van der Waals surface area contributed by atoms with Crippen LogP contribution in [-0.2, 0) is 4.79 Å². The number of anilines is 1. The molecule has 2 aromatic carbocycles. The number of aromatic amines is 1. The summed E-state index contributed by atoms with van der Waals surface area (Å²) in [7, 11) is 0. The number of carbonyl (C=O) groups excluding carboxylic acids is 1. The number of rotatable bonds is 7. The van der Waals surface area contributed by atoms with Crippen LogP contribution in [0.2, 0.25) is 0 Å². The maximum absolute atomic E-state index is 12.2. The van der Waals surface area contributed by atoms with Crippen LogP contribution >= 0.6 is 0 Å². The van der Waals surface area contributed by atoms with E-state index < -0.39 is 5.60 Å². The number of nitrogens with one attached hydrogen (secondary N) is 2. The highest BCUT2D eigenvalue weighted by Gasteiger charge is 2.22. The number of aliphatic hydroxyl groups is 1. The minimum absolute atomic E-state index is 0.0518. The van der Waals surface area contributed by atoms with Gasteiger partial charge in [-0.1, -0.05) is 19.1 Å². The lowest BCUT2D eigenvalue weighted by atomic mass is 9.99. The van der Waals surface area contributed by atoms with Gasteiger partial charge >= 0.3 is 0 Å². The molecule has 3 rings (SSSR count). The minimum Gasteiger partial charge on any atom is -0.494 e. The largest absolute Gasteiger partial charge is 0.494 e. The lowest BCUT2D eigenvalue weighted by Crippen LogP contribution is -2.29. The highest BCUT2D eigenvalue weighted by atomic mass is 16.5. The Morgan fingerprint density at radius 3 is 2.81 bits per heavy atom. The molecule has 0 fully saturated rings. The molecule has 142 valence electrons. The zero-order valence-electron chi connectivity index (χ0n) is 15.9. The van der Waals surface area contributed by atoms with Gasteiger partial charge in [-0.25, -0.2) is 0 Å². The van der Waals surface area contributed by atoms with E-state index in [4.69, 9.17) is 4.74 Å². The molecule has 0 saturated carbocycles. The molecule has 3 aromatic rings. The van der Waals surface area contributed by atoms with Crippen molar-refractivity contribution in [3.8, 4) is 17.0 Å². The number of aromatic nitrogens is 2. The lowest BCUT2D eigenvalue weighted by molar-refractivity contribution is -0.120. The fourth-order valence-electron chi connectivity index (χ4n) is 2.89. The lowest BCUT2D eigenvalue weighted by Gasteiger charge is -2.20. The van der Waals surface area contributed by atoms with Crippen molar-refractivity contribution < 1.29 is 14.6 Å². The van der Waals surface area contributed by atoms with Crippen molar-refractivity contribution in [3.63, 3.8) is 0 Å². The van der Waals surface area contributed by atoms with Crippen molar-refractivity contribution in [1.29, 1.82) is 0 Å². The quantitative estimate of drug-likeness (QED) is 0.586. The molecule has 3 N–H and O–H groups in total. The molecule has 1 aromatic heterocycles. The Morgan fingerprint density at radius 1 is 1.26 bits per heavy atom. The van der Waals surface area contributed by atoms with E-state index in [2.05, 4.69) is 15.5 Å². The number of carbonyl (C=O) groups is 1. The van der Waals surface area contributed by atoms with Gasteiger partial charge in [0.1, 0.15) is 11.4 Å². The van der Waals surface area contributed by atoms with Gasteiger partial charge in [-0.05, 0) is 50.6 Å². The number of fused-ring (bicyclic) bond motifs is 1. The van der Waals surface area contributed by atoms with Crippen LogP contribution in [0.3, 0.4) is 0 Å². The summed E-state index contributed by atoms with van der Waals surface area (Å²) < 4.78 is 5.57. The van der Waals surface area contributed by atoms with Gasteiger partial charge in [-0.3, -0.25) is 9.89 Å². The Kier molecular flexibility index (Phi) is 5.46. The van der Waals surface area contributed by atoms with Crippen LogP contribution < -0.4 is 10.1 Å². The zero-order valence-corrected chi connectivity index (χ0v) is 15.9. The summed E-state index contributed by atoms with van der Waals surface area (Å²) in [5, 5.41) is 21.3. The molecule has 1 unspecified atom stereocenters. The predicted octanol–water partition coefficient (Wildman–Crippen LogP) is 4.12. The molecule has 0 spiro atoms. The summed E-state index contributed by atoms with van der Waals surface area (Å²) in [5.74, 6) is 0.571. The van der Waals surface area contributed by atoms with Gasteiger partial charge in [0.05, 0.1) is 24.1 Å². The van der Waals surface area contributed by atoms with Gasteiger partial charge in [0.15, 0.2) is 0 Å². The molecule has 0 radical (unpaired) electrons. The highest BCUT2D eigenvalue weighted by molar-refractivity contribution is 5.98. The first-order valence-corrected chi connectivity index (χ1v) is 9.15. The SMILES string of the molecule is CCOc1cccc(-c2n[nH]c3ccc(NC(=O)CC(C)(O)CC)cc23)c1. The Balaban J connectivity index is 1.88. The molecule has 27 heavy (non-hydrogen) atoms. The summed E-state index contributed by atoms with van der Waals surface area (Å²) in [6.45, 7) is 6.06. The average Bonchev–Trinajstić information content (AvgIpc) is 3.05. The highest BCUT2D eigenvalue weighted by Crippen LogP contribution is 2.30. The Hall–Kier alpha value is -2.86. The van der Waals surface area contributed by atoms with Crippen molar-refractivity contribution in [3.05, 3.63) is 42.5 Å². The number of hydrogen-bond acceptors (Lipinski definition) is 4. The number of benzene rings is 2. The third kappa shape index (κ3) is 4.46. The molecule has 6 heteroatoms. The van der Waals surface area contributed by atoms with E-state index in [-0.39, 0.29) is 12.3 Å². The first kappa shape index (κ1) is 18.9. The topological polar surface area (TPSA) is 87.2 Å². The number of hydrogen-bond donors (Lipinski definition) is 3. The fourth-order valence-corrected chi connectivity index (χ4v) is 2.89. The van der Waals surface area contributed by atoms with Crippen LogP contribution in [0.5, 0.6) is 5.75 Å². The summed E-state index contributed by atoms with van der Waals surface area (Å²) in [6, 6.07) is 13.3. The van der Waals surface area contributed by atoms with E-state index in [0.717, 1.165) is 27.9 Å². The second kappa shape index (κ2) is 7.80. The molecule has 1 amide bonds. The van der Waals surface area contributed by atoms with E-state index in [1.807, 2.05) is 56.3 Å². The molecule has 0 aliphatic heterocycles. The normalized spacial score (nSPS) is 13.3. The average molecular weight is 367 g/mol. The van der Waals surface area contributed by atoms with Gasteiger partial charge in [0, 0.05) is 16.6 Å². The zero-order chi connectivity index (χ0) is 19.4. The first-order valence-electron chi connectivity index (χ1n) is 9.15. The van der Waals surface area contributed by atoms with E-state index in [1.165, 1.54) is 0 Å². The van der Waals surface area contributed by atoms with Crippen molar-refractivity contribution >= 4 is 22.5 Å². The molecular weight excluding hydrogens is 342 g/mol. The standard InChI is InChI=1S/C21H25N3O3/c1-4-21(3,26)13-19(25)22-15-9-10-18-17(12-15)20(24-23-18)14-7-6-8-16(11-14)27-5-2/h6-12,26H,4-5,13H2,1-3H3,(H,22,25)(H,23,24). The summed E-state index contributed by atoms with van der Waals surface area (Å²) in [5.41, 5.74) is 2.27.